The van der Waals surface area contributed by atoms with Crippen LogP contribution in [0.3, 0.4) is 0 Å². The highest BCUT2D eigenvalue weighted by Crippen LogP contribution is 2.44. The lowest BCUT2D eigenvalue weighted by molar-refractivity contribution is -0.136. The van der Waals surface area contributed by atoms with E-state index in [1.165, 1.54) is 12.1 Å². The van der Waals surface area contributed by atoms with E-state index in [1.807, 2.05) is 6.07 Å². The molecule has 4 rings (SSSR count). The normalized spacial score (nSPS) is 27.6. The summed E-state index contributed by atoms with van der Waals surface area (Å²) < 4.78 is 13.7. The molecule has 0 bridgehead atoms. The third kappa shape index (κ3) is 2.41. The number of imide groups is 1. The van der Waals surface area contributed by atoms with Crippen LogP contribution in [0.5, 0.6) is 0 Å². The van der Waals surface area contributed by atoms with Gasteiger partial charge in [0.2, 0.25) is 5.91 Å². The molecule has 1 saturated carbocycles. The van der Waals surface area contributed by atoms with Crippen LogP contribution in [0, 0.1) is 5.82 Å². The first-order chi connectivity index (χ1) is 12.0. The van der Waals surface area contributed by atoms with Crippen LogP contribution in [-0.4, -0.2) is 41.4 Å². The van der Waals surface area contributed by atoms with Gasteiger partial charge < -0.3 is 10.2 Å². The molecule has 25 heavy (non-hydrogen) atoms. The summed E-state index contributed by atoms with van der Waals surface area (Å²) in [6, 6.07) is 5.75. The average molecular weight is 345 g/mol. The molecular formula is C18H20FN3O3. The molecule has 0 unspecified atom stereocenters. The highest BCUT2D eigenvalue weighted by molar-refractivity contribution is 6.08. The summed E-state index contributed by atoms with van der Waals surface area (Å²) in [5.74, 6) is -0.794. The quantitative estimate of drug-likeness (QED) is 0.797. The van der Waals surface area contributed by atoms with Gasteiger partial charge in [-0.3, -0.25) is 14.9 Å². The molecule has 132 valence electrons. The fourth-order valence-corrected chi connectivity index (χ4v) is 4.49. The lowest BCUT2D eigenvalue weighted by Crippen LogP contribution is -2.52. The zero-order chi connectivity index (χ0) is 17.7. The molecule has 2 heterocycles. The molecule has 1 spiro atoms. The predicted molar refractivity (Wildman–Crippen MR) is 87.1 cm³/mol. The summed E-state index contributed by atoms with van der Waals surface area (Å²) in [6.07, 6.45) is 3.58. The van der Waals surface area contributed by atoms with Gasteiger partial charge in [0, 0.05) is 6.54 Å². The molecule has 1 aromatic carbocycles. The van der Waals surface area contributed by atoms with Gasteiger partial charge in [0.05, 0.1) is 12.0 Å². The third-order valence-electron chi connectivity index (χ3n) is 5.81. The van der Waals surface area contributed by atoms with Crippen LogP contribution >= 0.6 is 0 Å². The van der Waals surface area contributed by atoms with Crippen molar-refractivity contribution in [2.45, 2.75) is 43.1 Å². The lowest BCUT2D eigenvalue weighted by atomic mass is 9.77. The summed E-state index contributed by atoms with van der Waals surface area (Å²) in [7, 11) is 0. The highest BCUT2D eigenvalue weighted by Gasteiger charge is 2.54. The van der Waals surface area contributed by atoms with Crippen molar-refractivity contribution in [3.05, 3.63) is 35.6 Å². The van der Waals surface area contributed by atoms with E-state index in [9.17, 15) is 18.8 Å². The smallest absolute Gasteiger partial charge is 0.322 e. The molecule has 1 aromatic rings. The zero-order valence-corrected chi connectivity index (χ0v) is 13.8. The van der Waals surface area contributed by atoms with Gasteiger partial charge in [0.1, 0.15) is 11.4 Å². The second kappa shape index (κ2) is 5.54. The van der Waals surface area contributed by atoms with E-state index in [4.69, 9.17) is 0 Å². The summed E-state index contributed by atoms with van der Waals surface area (Å²) in [5.41, 5.74) is -1.04. The van der Waals surface area contributed by atoms with Crippen molar-refractivity contribution in [2.75, 3.05) is 13.1 Å². The van der Waals surface area contributed by atoms with E-state index >= 15 is 0 Å². The first kappa shape index (κ1) is 16.1. The topological polar surface area (TPSA) is 78.5 Å². The molecule has 6 nitrogen and oxygen atoms in total. The molecule has 3 aliphatic rings. The second-order valence-corrected chi connectivity index (χ2v) is 7.27. The van der Waals surface area contributed by atoms with E-state index in [1.54, 1.807) is 11.0 Å². The molecule has 3 fully saturated rings. The monoisotopic (exact) mass is 345 g/mol. The Balaban J connectivity index is 1.63. The van der Waals surface area contributed by atoms with Crippen LogP contribution in [0.4, 0.5) is 9.18 Å². The van der Waals surface area contributed by atoms with E-state index in [0.717, 1.165) is 12.8 Å². The van der Waals surface area contributed by atoms with Gasteiger partial charge in [0.25, 0.3) is 5.91 Å². The number of urea groups is 1. The van der Waals surface area contributed by atoms with Crippen LogP contribution in [0.2, 0.25) is 0 Å². The summed E-state index contributed by atoms with van der Waals surface area (Å²) in [5, 5.41) is 4.91. The van der Waals surface area contributed by atoms with E-state index in [0.29, 0.717) is 31.4 Å². The van der Waals surface area contributed by atoms with Crippen LogP contribution in [-0.2, 0) is 15.0 Å². The van der Waals surface area contributed by atoms with Gasteiger partial charge >= 0.3 is 6.03 Å². The Kier molecular flexibility index (Phi) is 3.56. The minimum Gasteiger partial charge on any atom is -0.339 e. The van der Waals surface area contributed by atoms with Crippen molar-refractivity contribution in [1.82, 2.24) is 15.5 Å². The Labute approximate surface area is 144 Å². The van der Waals surface area contributed by atoms with Gasteiger partial charge in [0.15, 0.2) is 0 Å². The number of hydrogen-bond donors (Lipinski definition) is 2. The number of likely N-dealkylation sites (tertiary alicyclic amines) is 1. The molecule has 0 radical (unpaired) electrons. The van der Waals surface area contributed by atoms with Crippen LogP contribution in [0.15, 0.2) is 24.3 Å². The van der Waals surface area contributed by atoms with E-state index in [2.05, 4.69) is 10.6 Å². The Morgan fingerprint density at radius 1 is 1.16 bits per heavy atom. The van der Waals surface area contributed by atoms with Gasteiger partial charge in [-0.25, -0.2) is 9.18 Å². The number of halogens is 1. The van der Waals surface area contributed by atoms with Crippen molar-refractivity contribution < 1.29 is 18.8 Å². The minimum absolute atomic E-state index is 0.0681. The first-order valence-electron chi connectivity index (χ1n) is 8.64. The standard InChI is InChI=1S/C18H20FN3O3/c19-13-5-3-4-12(10-13)17(6-1-2-7-17)15(24)22-9-8-18(11-22)14(23)20-16(25)21-18/h3-5,10H,1-2,6-9,11H2,(H2,20,21,23,25)/t18-/m1/s1. The average Bonchev–Trinajstić information content (AvgIpc) is 3.28. The van der Waals surface area contributed by atoms with Crippen molar-refractivity contribution in [3.63, 3.8) is 0 Å². The van der Waals surface area contributed by atoms with E-state index in [-0.39, 0.29) is 24.2 Å². The predicted octanol–water partition coefficient (Wildman–Crippen LogP) is 1.45. The fraction of sp³-hybridized carbons (Fsp3) is 0.500. The number of benzene rings is 1. The minimum atomic E-state index is -1.02. The molecule has 0 aromatic heterocycles. The summed E-state index contributed by atoms with van der Waals surface area (Å²) >= 11 is 0. The highest BCUT2D eigenvalue weighted by atomic mass is 19.1. The molecule has 2 aliphatic heterocycles. The molecule has 4 amide bonds. The second-order valence-electron chi connectivity index (χ2n) is 7.27. The maximum absolute atomic E-state index is 13.7. The summed E-state index contributed by atoms with van der Waals surface area (Å²) in [4.78, 5) is 38.6. The number of nitrogens with one attached hydrogen (secondary N) is 2. The molecule has 1 atom stereocenters. The third-order valence-corrected chi connectivity index (χ3v) is 5.81. The first-order valence-corrected chi connectivity index (χ1v) is 8.64. The van der Waals surface area contributed by atoms with Crippen molar-refractivity contribution >= 4 is 17.8 Å². The van der Waals surface area contributed by atoms with Crippen LogP contribution in [0.25, 0.3) is 0 Å². The van der Waals surface area contributed by atoms with Gasteiger partial charge in [-0.2, -0.15) is 0 Å². The van der Waals surface area contributed by atoms with Gasteiger partial charge in [-0.05, 0) is 37.0 Å². The molecule has 1 aliphatic carbocycles. The molecule has 2 saturated heterocycles. The number of carbonyl (C=O) groups excluding carboxylic acids is 3. The molecular weight excluding hydrogens is 325 g/mol. The van der Waals surface area contributed by atoms with Crippen molar-refractivity contribution in [3.8, 4) is 0 Å². The van der Waals surface area contributed by atoms with Crippen LogP contribution < -0.4 is 10.6 Å². The molecule has 2 N–H and O–H groups in total. The maximum Gasteiger partial charge on any atom is 0.322 e. The lowest BCUT2D eigenvalue weighted by Gasteiger charge is -2.33. The van der Waals surface area contributed by atoms with Crippen LogP contribution in [0.1, 0.15) is 37.7 Å². The maximum atomic E-state index is 13.7. The number of amides is 4. The SMILES string of the molecule is O=C1NC(=O)[C@]2(CCN(C(=O)C3(c4cccc(F)c4)CCCC3)C2)N1. The Morgan fingerprint density at radius 2 is 1.92 bits per heavy atom. The Bertz CT molecular complexity index is 760. The Hall–Kier alpha value is -2.44. The summed E-state index contributed by atoms with van der Waals surface area (Å²) in [6.45, 7) is 0.573. The van der Waals surface area contributed by atoms with Gasteiger partial charge in [-0.15, -0.1) is 0 Å². The number of carbonyl (C=O) groups is 3. The number of hydrogen-bond acceptors (Lipinski definition) is 3. The van der Waals surface area contributed by atoms with Crippen molar-refractivity contribution in [1.29, 1.82) is 0 Å². The number of nitrogens with zero attached hydrogens (tertiary/aromatic N) is 1. The largest absolute Gasteiger partial charge is 0.339 e. The van der Waals surface area contributed by atoms with E-state index < -0.39 is 17.0 Å². The zero-order valence-electron chi connectivity index (χ0n) is 13.8. The Morgan fingerprint density at radius 3 is 2.56 bits per heavy atom. The number of rotatable bonds is 2. The fourth-order valence-electron chi connectivity index (χ4n) is 4.49. The van der Waals surface area contributed by atoms with Gasteiger partial charge in [-0.1, -0.05) is 25.0 Å². The molecule has 7 heteroatoms. The van der Waals surface area contributed by atoms with Crippen molar-refractivity contribution in [2.24, 2.45) is 0 Å².